The van der Waals surface area contributed by atoms with Gasteiger partial charge in [-0.25, -0.2) is 9.97 Å². The highest BCUT2D eigenvalue weighted by atomic mass is 16.3. The molecule has 7 aromatic carbocycles. The molecule has 0 unspecified atom stereocenters. The van der Waals surface area contributed by atoms with E-state index in [0.717, 1.165) is 60.6 Å². The molecule has 0 fully saturated rings. The molecule has 0 saturated carbocycles. The van der Waals surface area contributed by atoms with Gasteiger partial charge in [-0.3, -0.25) is 4.57 Å². The molecule has 5 heteroatoms. The molecule has 5 nitrogen and oxygen atoms in total. The SMILES string of the molecule is c1ccc(-c2nc(-n3c4cc5oc6ccccc6c5c5c6cccc7c8ccccc8n(c8cccc3c8c54)c76)nc3ccccc23)cc1. The van der Waals surface area contributed by atoms with Gasteiger partial charge in [0, 0.05) is 60.1 Å². The number of furan rings is 1. The zero-order valence-corrected chi connectivity index (χ0v) is 26.1. The second-order valence-corrected chi connectivity index (χ2v) is 12.9. The lowest BCUT2D eigenvalue weighted by molar-refractivity contribution is 0.669. The van der Waals surface area contributed by atoms with Crippen LogP contribution in [0.1, 0.15) is 0 Å². The second kappa shape index (κ2) is 9.00. The molecule has 0 aliphatic carbocycles. The molecule has 0 aliphatic rings. The Hall–Kier alpha value is -6.72. The van der Waals surface area contributed by atoms with Crippen LogP contribution in [-0.4, -0.2) is 18.9 Å². The highest BCUT2D eigenvalue weighted by molar-refractivity contribution is 6.38. The van der Waals surface area contributed by atoms with Crippen molar-refractivity contribution in [3.63, 3.8) is 0 Å². The number of fused-ring (bicyclic) bond motifs is 10. The fourth-order valence-corrected chi connectivity index (χ4v) is 8.53. The number of hydrogen-bond acceptors (Lipinski definition) is 3. The molecule has 0 bridgehead atoms. The maximum Gasteiger partial charge on any atom is 0.235 e. The number of benzene rings is 7. The van der Waals surface area contributed by atoms with E-state index in [9.17, 15) is 0 Å². The third kappa shape index (κ3) is 3.15. The van der Waals surface area contributed by atoms with Gasteiger partial charge in [0.15, 0.2) is 0 Å². The van der Waals surface area contributed by atoms with E-state index in [1.54, 1.807) is 0 Å². The lowest BCUT2D eigenvalue weighted by Crippen LogP contribution is -2.03. The van der Waals surface area contributed by atoms with Crippen molar-refractivity contribution in [1.29, 1.82) is 0 Å². The molecule has 226 valence electrons. The fourth-order valence-electron chi connectivity index (χ4n) is 8.53. The zero-order chi connectivity index (χ0) is 31.8. The summed E-state index contributed by atoms with van der Waals surface area (Å²) >= 11 is 0. The van der Waals surface area contributed by atoms with Crippen LogP contribution < -0.4 is 0 Å². The smallest absolute Gasteiger partial charge is 0.235 e. The van der Waals surface area contributed by atoms with Gasteiger partial charge in [0.1, 0.15) is 11.2 Å². The first-order chi connectivity index (χ1) is 24.3. The zero-order valence-electron chi connectivity index (χ0n) is 26.1. The average molecular weight is 625 g/mol. The van der Waals surface area contributed by atoms with Crippen LogP contribution in [0.3, 0.4) is 0 Å². The van der Waals surface area contributed by atoms with Crippen molar-refractivity contribution < 1.29 is 4.42 Å². The third-order valence-electron chi connectivity index (χ3n) is 10.4. The summed E-state index contributed by atoms with van der Waals surface area (Å²) in [6, 6.07) is 51.4. The monoisotopic (exact) mass is 624 g/mol. The molecule has 12 rings (SSSR count). The third-order valence-corrected chi connectivity index (χ3v) is 10.4. The minimum Gasteiger partial charge on any atom is -0.456 e. The van der Waals surface area contributed by atoms with Crippen molar-refractivity contribution in [2.45, 2.75) is 0 Å². The quantitative estimate of drug-likeness (QED) is 0.192. The molecule has 0 spiro atoms. The molecule has 12 aromatic rings. The molecular formula is C44H24N4O. The van der Waals surface area contributed by atoms with Crippen molar-refractivity contribution in [3.05, 3.63) is 146 Å². The maximum atomic E-state index is 6.70. The van der Waals surface area contributed by atoms with E-state index >= 15 is 0 Å². The van der Waals surface area contributed by atoms with Gasteiger partial charge in [-0.15, -0.1) is 0 Å². The molecule has 0 radical (unpaired) electrons. The number of rotatable bonds is 2. The molecule has 0 atom stereocenters. The van der Waals surface area contributed by atoms with Crippen molar-refractivity contribution >= 4 is 92.7 Å². The largest absolute Gasteiger partial charge is 0.456 e. The molecule has 0 N–H and O–H groups in total. The average Bonchev–Trinajstić information content (AvgIpc) is 3.78. The lowest BCUT2D eigenvalue weighted by atomic mass is 9.99. The standard InChI is InChI=1S/C44H24N4O/c1-2-12-25(13-3-1)42-28-15-4-7-19-31(28)45-44(46-42)48-34-22-11-21-33-40(34)41-35(48)24-37-38(29-16-6-9-23-36(29)49-37)39(41)30-18-10-17-27-26-14-5-8-20-32(26)47(33)43(27)30/h1-24H. The van der Waals surface area contributed by atoms with Gasteiger partial charge >= 0.3 is 0 Å². The Labute approximate surface area is 278 Å². The topological polar surface area (TPSA) is 48.3 Å². The second-order valence-electron chi connectivity index (χ2n) is 12.9. The Bertz CT molecular complexity index is 3330. The summed E-state index contributed by atoms with van der Waals surface area (Å²) in [6.45, 7) is 0. The predicted octanol–water partition coefficient (Wildman–Crippen LogP) is 11.4. The first kappa shape index (κ1) is 25.4. The fraction of sp³-hybridized carbons (Fsp3) is 0. The molecule has 0 saturated heterocycles. The molecule has 0 amide bonds. The number of para-hydroxylation sites is 4. The van der Waals surface area contributed by atoms with Crippen molar-refractivity contribution in [1.82, 2.24) is 18.9 Å². The summed E-state index contributed by atoms with van der Waals surface area (Å²) in [7, 11) is 0. The molecule has 49 heavy (non-hydrogen) atoms. The minimum absolute atomic E-state index is 0.632. The Morgan fingerprint density at radius 2 is 1.12 bits per heavy atom. The highest BCUT2D eigenvalue weighted by Crippen LogP contribution is 2.48. The van der Waals surface area contributed by atoms with Crippen LogP contribution in [0.25, 0.3) is 110 Å². The van der Waals surface area contributed by atoms with Gasteiger partial charge in [0.05, 0.1) is 38.8 Å². The maximum absolute atomic E-state index is 6.70. The summed E-state index contributed by atoms with van der Waals surface area (Å²) in [5.41, 5.74) is 10.2. The van der Waals surface area contributed by atoms with Crippen molar-refractivity contribution in [2.24, 2.45) is 0 Å². The van der Waals surface area contributed by atoms with Crippen LogP contribution in [0.4, 0.5) is 0 Å². The first-order valence-corrected chi connectivity index (χ1v) is 16.6. The van der Waals surface area contributed by atoms with E-state index < -0.39 is 0 Å². The van der Waals surface area contributed by atoms with E-state index in [2.05, 4.69) is 136 Å². The van der Waals surface area contributed by atoms with Crippen LogP contribution in [0.5, 0.6) is 0 Å². The number of hydrogen-bond donors (Lipinski definition) is 0. The van der Waals surface area contributed by atoms with Crippen LogP contribution in [0.15, 0.2) is 150 Å². The molecule has 5 aromatic heterocycles. The lowest BCUT2D eigenvalue weighted by Gasteiger charge is -2.12. The molecule has 5 heterocycles. The predicted molar refractivity (Wildman–Crippen MR) is 201 cm³/mol. The summed E-state index contributed by atoms with van der Waals surface area (Å²) in [5.74, 6) is 0.632. The van der Waals surface area contributed by atoms with E-state index in [0.29, 0.717) is 5.95 Å². The van der Waals surface area contributed by atoms with Gasteiger partial charge in [0.2, 0.25) is 5.95 Å². The summed E-state index contributed by atoms with van der Waals surface area (Å²) in [6.07, 6.45) is 0. The van der Waals surface area contributed by atoms with E-state index in [4.69, 9.17) is 14.4 Å². The van der Waals surface area contributed by atoms with Crippen LogP contribution in [0, 0.1) is 0 Å². The Kier molecular flexibility index (Phi) is 4.66. The highest BCUT2D eigenvalue weighted by Gasteiger charge is 2.26. The van der Waals surface area contributed by atoms with E-state index in [1.165, 1.54) is 43.4 Å². The van der Waals surface area contributed by atoms with Gasteiger partial charge < -0.3 is 8.82 Å². The van der Waals surface area contributed by atoms with Gasteiger partial charge in [-0.05, 0) is 30.3 Å². The van der Waals surface area contributed by atoms with Crippen LogP contribution in [0.2, 0.25) is 0 Å². The Morgan fingerprint density at radius 1 is 0.429 bits per heavy atom. The summed E-state index contributed by atoms with van der Waals surface area (Å²) in [5, 5.41) is 10.5. The van der Waals surface area contributed by atoms with Crippen LogP contribution in [-0.2, 0) is 0 Å². The van der Waals surface area contributed by atoms with Gasteiger partial charge in [-0.2, -0.15) is 0 Å². The number of nitrogens with zero attached hydrogens (tertiary/aromatic N) is 4. The van der Waals surface area contributed by atoms with Gasteiger partial charge in [0.25, 0.3) is 0 Å². The first-order valence-electron chi connectivity index (χ1n) is 16.6. The van der Waals surface area contributed by atoms with E-state index in [-0.39, 0.29) is 0 Å². The van der Waals surface area contributed by atoms with Crippen molar-refractivity contribution in [2.75, 3.05) is 0 Å². The Morgan fingerprint density at radius 3 is 2.04 bits per heavy atom. The summed E-state index contributed by atoms with van der Waals surface area (Å²) in [4.78, 5) is 10.6. The minimum atomic E-state index is 0.632. The molecule has 0 aliphatic heterocycles. The normalized spacial score (nSPS) is 12.5. The Balaban J connectivity index is 1.39. The number of aromatic nitrogens is 4. The van der Waals surface area contributed by atoms with Crippen molar-refractivity contribution in [3.8, 4) is 17.2 Å². The van der Waals surface area contributed by atoms with Gasteiger partial charge in [-0.1, -0.05) is 109 Å². The van der Waals surface area contributed by atoms with Crippen LogP contribution >= 0.6 is 0 Å². The molecular weight excluding hydrogens is 601 g/mol. The van der Waals surface area contributed by atoms with E-state index in [1.807, 2.05) is 18.2 Å². The summed E-state index contributed by atoms with van der Waals surface area (Å²) < 4.78 is 11.4.